The molecule has 1 aliphatic heterocycles. The number of para-hydroxylation sites is 1. The molecule has 5 rings (SSSR count). The van der Waals surface area contributed by atoms with Crippen LogP contribution in [0.4, 0.5) is 8.78 Å². The zero-order valence-electron chi connectivity index (χ0n) is 16.7. The summed E-state index contributed by atoms with van der Waals surface area (Å²) in [5.74, 6) is -3.77. The van der Waals surface area contributed by atoms with Crippen molar-refractivity contribution in [2.24, 2.45) is 0 Å². The van der Waals surface area contributed by atoms with Crippen molar-refractivity contribution in [3.63, 3.8) is 0 Å². The molecule has 4 aromatic rings. The maximum atomic E-state index is 14.7. The zero-order valence-corrected chi connectivity index (χ0v) is 16.7. The molecule has 0 aliphatic carbocycles. The lowest BCUT2D eigenvalue weighted by molar-refractivity contribution is -0.0641. The number of likely N-dealkylation sites (tertiary alicyclic amines) is 1. The van der Waals surface area contributed by atoms with Crippen LogP contribution < -0.4 is 0 Å². The number of rotatable bonds is 3. The molecule has 1 amide bonds. The van der Waals surface area contributed by atoms with Gasteiger partial charge in [-0.2, -0.15) is 15.2 Å². The van der Waals surface area contributed by atoms with Crippen LogP contribution >= 0.6 is 0 Å². The van der Waals surface area contributed by atoms with Crippen LogP contribution in [0.2, 0.25) is 0 Å². The Kier molecular flexibility index (Phi) is 4.49. The lowest BCUT2D eigenvalue weighted by Crippen LogP contribution is -2.49. The minimum absolute atomic E-state index is 0.142. The summed E-state index contributed by atoms with van der Waals surface area (Å²) in [5.41, 5.74) is 2.27. The van der Waals surface area contributed by atoms with E-state index in [9.17, 15) is 13.6 Å². The van der Waals surface area contributed by atoms with Crippen molar-refractivity contribution in [2.75, 3.05) is 13.1 Å². The number of carbonyl (C=O) groups excluding carboxylic acids is 1. The van der Waals surface area contributed by atoms with Gasteiger partial charge in [0.15, 0.2) is 0 Å². The molecule has 1 aliphatic rings. The van der Waals surface area contributed by atoms with E-state index in [4.69, 9.17) is 0 Å². The molecule has 1 unspecified atom stereocenters. The van der Waals surface area contributed by atoms with Crippen LogP contribution in [-0.4, -0.2) is 59.2 Å². The molecule has 8 nitrogen and oxygen atoms in total. The van der Waals surface area contributed by atoms with Crippen LogP contribution in [0.3, 0.4) is 0 Å². The molecule has 31 heavy (non-hydrogen) atoms. The van der Waals surface area contributed by atoms with Crippen molar-refractivity contribution >= 4 is 11.7 Å². The van der Waals surface area contributed by atoms with E-state index in [0.717, 1.165) is 5.69 Å². The predicted octanol–water partition coefficient (Wildman–Crippen LogP) is 2.88. The third-order valence-electron chi connectivity index (χ3n) is 5.37. The number of piperidine rings is 1. The number of halogens is 2. The van der Waals surface area contributed by atoms with Crippen molar-refractivity contribution in [3.05, 3.63) is 72.1 Å². The summed E-state index contributed by atoms with van der Waals surface area (Å²) in [6.07, 6.45) is 3.93. The minimum atomic E-state index is -3.03. The standard InChI is InChI=1S/C21H19F2N7O/c1-14-7-18(30-20(27-14)24-13-26-30)15-8-21(22,23)12-28(10-15)19(31)16-9-25-29(11-16)17-5-3-2-4-6-17/h2-7,9,11,13,15H,8,10,12H2,1H3. The second-order valence-corrected chi connectivity index (χ2v) is 7.75. The molecular weight excluding hydrogens is 404 g/mol. The summed E-state index contributed by atoms with van der Waals surface area (Å²) >= 11 is 0. The van der Waals surface area contributed by atoms with E-state index in [1.807, 2.05) is 30.3 Å². The highest BCUT2D eigenvalue weighted by atomic mass is 19.3. The molecule has 0 radical (unpaired) electrons. The van der Waals surface area contributed by atoms with E-state index in [1.165, 1.54) is 21.9 Å². The Morgan fingerprint density at radius 3 is 2.81 bits per heavy atom. The van der Waals surface area contributed by atoms with Crippen LogP contribution in [0, 0.1) is 6.92 Å². The van der Waals surface area contributed by atoms with Gasteiger partial charge in [0.1, 0.15) is 6.33 Å². The molecule has 0 N–H and O–H groups in total. The van der Waals surface area contributed by atoms with E-state index >= 15 is 0 Å². The van der Waals surface area contributed by atoms with Gasteiger partial charge >= 0.3 is 0 Å². The van der Waals surface area contributed by atoms with Gasteiger partial charge in [-0.25, -0.2) is 23.0 Å². The van der Waals surface area contributed by atoms with Gasteiger partial charge in [-0.1, -0.05) is 18.2 Å². The third kappa shape index (κ3) is 3.65. The first-order valence-corrected chi connectivity index (χ1v) is 9.84. The maximum Gasteiger partial charge on any atom is 0.266 e. The predicted molar refractivity (Wildman–Crippen MR) is 107 cm³/mol. The number of amides is 1. The summed E-state index contributed by atoms with van der Waals surface area (Å²) in [5, 5.41) is 8.34. The number of benzene rings is 1. The lowest BCUT2D eigenvalue weighted by atomic mass is 9.91. The van der Waals surface area contributed by atoms with Crippen molar-refractivity contribution < 1.29 is 13.6 Å². The Hall–Kier alpha value is -3.69. The Bertz CT molecular complexity index is 1250. The van der Waals surface area contributed by atoms with Gasteiger partial charge < -0.3 is 4.90 Å². The van der Waals surface area contributed by atoms with Crippen LogP contribution in [0.1, 0.15) is 34.1 Å². The van der Waals surface area contributed by atoms with Crippen molar-refractivity contribution in [1.29, 1.82) is 0 Å². The number of carbonyl (C=O) groups is 1. The average Bonchev–Trinajstić information content (AvgIpc) is 3.42. The van der Waals surface area contributed by atoms with E-state index in [2.05, 4.69) is 20.2 Å². The fourth-order valence-corrected chi connectivity index (χ4v) is 4.04. The fourth-order valence-electron chi connectivity index (χ4n) is 4.04. The molecular formula is C21H19F2N7O. The fraction of sp³-hybridized carbons (Fsp3) is 0.286. The normalized spacial score (nSPS) is 18.4. The number of aromatic nitrogens is 6. The molecule has 1 saturated heterocycles. The van der Waals surface area contributed by atoms with Crippen LogP contribution in [-0.2, 0) is 0 Å². The van der Waals surface area contributed by atoms with Gasteiger partial charge in [0.2, 0.25) is 0 Å². The van der Waals surface area contributed by atoms with Crippen LogP contribution in [0.5, 0.6) is 0 Å². The second kappa shape index (κ2) is 7.22. The summed E-state index contributed by atoms with van der Waals surface area (Å²) in [4.78, 5) is 22.6. The third-order valence-corrected chi connectivity index (χ3v) is 5.37. The number of hydrogen-bond donors (Lipinski definition) is 0. The zero-order chi connectivity index (χ0) is 21.6. The molecule has 0 saturated carbocycles. The Morgan fingerprint density at radius 2 is 2.00 bits per heavy atom. The van der Waals surface area contributed by atoms with Gasteiger partial charge in [-0.3, -0.25) is 4.79 Å². The number of nitrogens with zero attached hydrogens (tertiary/aromatic N) is 7. The SMILES string of the molecule is Cc1cc(C2CN(C(=O)c3cnn(-c4ccccc4)c3)CC(F)(F)C2)n2ncnc2n1. The molecule has 1 atom stereocenters. The highest BCUT2D eigenvalue weighted by Gasteiger charge is 2.43. The van der Waals surface area contributed by atoms with E-state index in [0.29, 0.717) is 17.2 Å². The molecule has 10 heteroatoms. The molecule has 1 fully saturated rings. The largest absolute Gasteiger partial charge is 0.332 e. The molecule has 1 aromatic carbocycles. The highest BCUT2D eigenvalue weighted by Crippen LogP contribution is 2.36. The van der Waals surface area contributed by atoms with Crippen LogP contribution in [0.15, 0.2) is 55.1 Å². The smallest absolute Gasteiger partial charge is 0.266 e. The van der Waals surface area contributed by atoms with Crippen molar-refractivity contribution in [2.45, 2.75) is 25.2 Å². The average molecular weight is 423 g/mol. The van der Waals surface area contributed by atoms with E-state index < -0.39 is 24.3 Å². The first-order valence-electron chi connectivity index (χ1n) is 9.84. The van der Waals surface area contributed by atoms with Gasteiger partial charge in [-0.05, 0) is 25.1 Å². The second-order valence-electron chi connectivity index (χ2n) is 7.75. The van der Waals surface area contributed by atoms with Crippen molar-refractivity contribution in [1.82, 2.24) is 34.3 Å². The number of fused-ring (bicyclic) bond motifs is 1. The van der Waals surface area contributed by atoms with Gasteiger partial charge in [-0.15, -0.1) is 0 Å². The topological polar surface area (TPSA) is 81.2 Å². The molecule has 4 heterocycles. The minimum Gasteiger partial charge on any atom is -0.332 e. The summed E-state index contributed by atoms with van der Waals surface area (Å²) < 4.78 is 32.4. The number of alkyl halides is 2. The summed E-state index contributed by atoms with van der Waals surface area (Å²) in [6, 6.07) is 11.0. The van der Waals surface area contributed by atoms with Gasteiger partial charge in [0.25, 0.3) is 17.6 Å². The summed E-state index contributed by atoms with van der Waals surface area (Å²) in [6.45, 7) is 1.28. The highest BCUT2D eigenvalue weighted by molar-refractivity contribution is 5.94. The first-order chi connectivity index (χ1) is 14.9. The van der Waals surface area contributed by atoms with E-state index in [-0.39, 0.29) is 18.5 Å². The number of aryl methyl sites for hydroxylation is 1. The molecule has 0 bridgehead atoms. The Morgan fingerprint density at radius 1 is 1.19 bits per heavy atom. The molecule has 0 spiro atoms. The first kappa shape index (κ1) is 19.3. The number of hydrogen-bond acceptors (Lipinski definition) is 5. The van der Waals surface area contributed by atoms with Crippen LogP contribution in [0.25, 0.3) is 11.5 Å². The molecule has 3 aromatic heterocycles. The maximum absolute atomic E-state index is 14.7. The monoisotopic (exact) mass is 423 g/mol. The van der Waals surface area contributed by atoms with Gasteiger partial charge in [0.05, 0.1) is 29.7 Å². The summed E-state index contributed by atoms with van der Waals surface area (Å²) in [7, 11) is 0. The quantitative estimate of drug-likeness (QED) is 0.506. The van der Waals surface area contributed by atoms with Crippen molar-refractivity contribution in [3.8, 4) is 5.69 Å². The molecule has 158 valence electrons. The Labute approximate surface area is 176 Å². The van der Waals surface area contributed by atoms with Gasteiger partial charge in [0, 0.05) is 30.8 Å². The Balaban J connectivity index is 1.45. The van der Waals surface area contributed by atoms with E-state index in [1.54, 1.807) is 23.9 Å². The lowest BCUT2D eigenvalue weighted by Gasteiger charge is -2.37.